The first-order valence-corrected chi connectivity index (χ1v) is 9.62. The highest BCUT2D eigenvalue weighted by atomic mass is 32.2. The summed E-state index contributed by atoms with van der Waals surface area (Å²) in [5, 5.41) is 13.8. The van der Waals surface area contributed by atoms with Gasteiger partial charge in [0.25, 0.3) is 5.69 Å². The highest BCUT2D eigenvalue weighted by molar-refractivity contribution is 7.98. The minimum absolute atomic E-state index is 0.0502. The Hall–Kier alpha value is -2.87. The van der Waals surface area contributed by atoms with E-state index in [0.29, 0.717) is 11.3 Å². The van der Waals surface area contributed by atoms with Crippen molar-refractivity contribution < 1.29 is 14.5 Å². The summed E-state index contributed by atoms with van der Waals surface area (Å²) in [4.78, 5) is 38.2. The molecule has 1 saturated heterocycles. The van der Waals surface area contributed by atoms with Gasteiger partial charge in [0, 0.05) is 29.6 Å². The molecule has 2 amide bonds. The van der Waals surface area contributed by atoms with E-state index >= 15 is 0 Å². The van der Waals surface area contributed by atoms with Gasteiger partial charge in [-0.3, -0.25) is 19.7 Å². The first kappa shape index (κ1) is 18.9. The number of carbonyl (C=O) groups is 2. The zero-order chi connectivity index (χ0) is 19.6. The monoisotopic (exact) mass is 385 g/mol. The number of nitrogens with one attached hydrogen (secondary N) is 1. The number of nitro groups is 1. The van der Waals surface area contributed by atoms with Gasteiger partial charge < -0.3 is 10.2 Å². The van der Waals surface area contributed by atoms with Crippen LogP contribution in [0.5, 0.6) is 0 Å². The summed E-state index contributed by atoms with van der Waals surface area (Å²) in [6.45, 7) is 1.88. The molecule has 1 aliphatic rings. The quantitative estimate of drug-likeness (QED) is 0.482. The van der Waals surface area contributed by atoms with E-state index in [9.17, 15) is 19.7 Å². The Bertz CT molecular complexity index is 898. The smallest absolute Gasteiger partial charge is 0.274 e. The average molecular weight is 385 g/mol. The highest BCUT2D eigenvalue weighted by Crippen LogP contribution is 2.29. The van der Waals surface area contributed by atoms with Crippen LogP contribution in [-0.4, -0.2) is 29.5 Å². The summed E-state index contributed by atoms with van der Waals surface area (Å²) in [6, 6.07) is 12.2. The summed E-state index contributed by atoms with van der Waals surface area (Å²) < 4.78 is 0. The maximum Gasteiger partial charge on any atom is 0.274 e. The molecule has 1 fully saturated rings. The van der Waals surface area contributed by atoms with Gasteiger partial charge >= 0.3 is 0 Å². The van der Waals surface area contributed by atoms with Crippen molar-refractivity contribution in [3.8, 4) is 0 Å². The molecule has 0 radical (unpaired) electrons. The van der Waals surface area contributed by atoms with Crippen molar-refractivity contribution >= 4 is 40.6 Å². The lowest BCUT2D eigenvalue weighted by Crippen LogP contribution is -2.28. The van der Waals surface area contributed by atoms with E-state index in [1.54, 1.807) is 29.7 Å². The lowest BCUT2D eigenvalue weighted by molar-refractivity contribution is -0.385. The Kier molecular flexibility index (Phi) is 5.46. The van der Waals surface area contributed by atoms with E-state index in [-0.39, 0.29) is 30.5 Å². The van der Waals surface area contributed by atoms with Crippen LogP contribution in [0.15, 0.2) is 47.4 Å². The number of rotatable bonds is 5. The minimum Gasteiger partial charge on any atom is -0.325 e. The number of amides is 2. The molecule has 0 spiro atoms. The third-order valence-corrected chi connectivity index (χ3v) is 5.38. The molecule has 1 N–H and O–H groups in total. The summed E-state index contributed by atoms with van der Waals surface area (Å²) in [5.41, 5.74) is 1.50. The van der Waals surface area contributed by atoms with Crippen molar-refractivity contribution in [2.75, 3.05) is 23.0 Å². The third-order valence-electron chi connectivity index (χ3n) is 4.64. The van der Waals surface area contributed by atoms with Crippen molar-refractivity contribution in [3.05, 3.63) is 58.1 Å². The van der Waals surface area contributed by atoms with E-state index in [1.165, 1.54) is 12.1 Å². The zero-order valence-corrected chi connectivity index (χ0v) is 15.8. The number of thioether (sulfide) groups is 1. The predicted octanol–water partition coefficient (Wildman–Crippen LogP) is 3.62. The largest absolute Gasteiger partial charge is 0.325 e. The molecule has 8 heteroatoms. The normalized spacial score (nSPS) is 16.4. The number of nitrogens with zero attached hydrogens (tertiary/aromatic N) is 2. The van der Waals surface area contributed by atoms with Crippen molar-refractivity contribution in [2.24, 2.45) is 5.92 Å². The average Bonchev–Trinajstić information content (AvgIpc) is 3.05. The van der Waals surface area contributed by atoms with Crippen molar-refractivity contribution in [1.82, 2.24) is 0 Å². The second-order valence-electron chi connectivity index (χ2n) is 6.30. The van der Waals surface area contributed by atoms with E-state index < -0.39 is 10.8 Å². The number of hydrogen-bond acceptors (Lipinski definition) is 5. The van der Waals surface area contributed by atoms with Crippen molar-refractivity contribution in [1.29, 1.82) is 0 Å². The number of carbonyl (C=O) groups excluding carboxylic acids is 2. The van der Waals surface area contributed by atoms with Gasteiger partial charge in [-0.05, 0) is 43.5 Å². The zero-order valence-electron chi connectivity index (χ0n) is 15.0. The molecule has 7 nitrogen and oxygen atoms in total. The van der Waals surface area contributed by atoms with Gasteiger partial charge in [-0.1, -0.05) is 6.07 Å². The molecule has 140 valence electrons. The number of hydrogen-bond donors (Lipinski definition) is 1. The highest BCUT2D eigenvalue weighted by Gasteiger charge is 2.35. The maximum absolute atomic E-state index is 12.6. The van der Waals surface area contributed by atoms with Crippen LogP contribution in [0.1, 0.15) is 12.0 Å². The SMILES string of the molecule is CSc1ccc(N2CC(C(=O)Nc3cccc([N+](=O)[O-])c3C)CC2=O)cc1. The van der Waals surface area contributed by atoms with E-state index in [1.807, 2.05) is 30.5 Å². The van der Waals surface area contributed by atoms with E-state index in [4.69, 9.17) is 0 Å². The fourth-order valence-electron chi connectivity index (χ4n) is 3.09. The molecule has 0 aromatic heterocycles. The maximum atomic E-state index is 12.6. The Balaban J connectivity index is 1.72. The molecular formula is C19H19N3O4S. The molecule has 0 aliphatic carbocycles. The fraction of sp³-hybridized carbons (Fsp3) is 0.263. The van der Waals surface area contributed by atoms with Crippen LogP contribution in [0, 0.1) is 23.0 Å². The fourth-order valence-corrected chi connectivity index (χ4v) is 3.49. The second-order valence-corrected chi connectivity index (χ2v) is 7.18. The Labute approximate surface area is 160 Å². The second kappa shape index (κ2) is 7.79. The van der Waals surface area contributed by atoms with Crippen LogP contribution in [0.4, 0.5) is 17.1 Å². The van der Waals surface area contributed by atoms with Gasteiger partial charge in [-0.25, -0.2) is 0 Å². The topological polar surface area (TPSA) is 92.6 Å². The van der Waals surface area contributed by atoms with Crippen molar-refractivity contribution in [3.63, 3.8) is 0 Å². The Morgan fingerprint density at radius 3 is 2.59 bits per heavy atom. The van der Waals surface area contributed by atoms with Gasteiger partial charge in [0.1, 0.15) is 0 Å². The van der Waals surface area contributed by atoms with Crippen molar-refractivity contribution in [2.45, 2.75) is 18.2 Å². The minimum atomic E-state index is -0.503. The molecule has 3 rings (SSSR count). The molecule has 27 heavy (non-hydrogen) atoms. The van der Waals surface area contributed by atoms with Crippen LogP contribution in [0.2, 0.25) is 0 Å². The number of benzene rings is 2. The van der Waals surface area contributed by atoms with Crippen LogP contribution in [0.25, 0.3) is 0 Å². The molecule has 2 aromatic rings. The molecule has 1 aliphatic heterocycles. The molecule has 1 heterocycles. The summed E-state index contributed by atoms with van der Waals surface area (Å²) in [7, 11) is 0. The van der Waals surface area contributed by atoms with Gasteiger partial charge in [0.2, 0.25) is 11.8 Å². The lowest BCUT2D eigenvalue weighted by atomic mass is 10.1. The van der Waals surface area contributed by atoms with Crippen LogP contribution < -0.4 is 10.2 Å². The number of nitro benzene ring substituents is 1. The molecule has 1 unspecified atom stereocenters. The molecular weight excluding hydrogens is 366 g/mol. The van der Waals surface area contributed by atoms with E-state index in [2.05, 4.69) is 5.32 Å². The Morgan fingerprint density at radius 2 is 1.96 bits per heavy atom. The molecule has 1 atom stereocenters. The van der Waals surface area contributed by atoms with Gasteiger partial charge in [0.15, 0.2) is 0 Å². The van der Waals surface area contributed by atoms with Crippen LogP contribution in [0.3, 0.4) is 0 Å². The van der Waals surface area contributed by atoms with Gasteiger partial charge in [-0.2, -0.15) is 0 Å². The van der Waals surface area contributed by atoms with Gasteiger partial charge in [0.05, 0.1) is 22.1 Å². The first-order valence-electron chi connectivity index (χ1n) is 8.40. The Morgan fingerprint density at radius 1 is 1.26 bits per heavy atom. The predicted molar refractivity (Wildman–Crippen MR) is 105 cm³/mol. The lowest BCUT2D eigenvalue weighted by Gasteiger charge is -2.17. The molecule has 0 saturated carbocycles. The summed E-state index contributed by atoms with van der Waals surface area (Å²) in [5.74, 6) is -0.922. The molecule has 2 aromatic carbocycles. The number of anilines is 2. The third kappa shape index (κ3) is 3.95. The summed E-state index contributed by atoms with van der Waals surface area (Å²) in [6.07, 6.45) is 2.09. The summed E-state index contributed by atoms with van der Waals surface area (Å²) >= 11 is 1.62. The van der Waals surface area contributed by atoms with E-state index in [0.717, 1.165) is 10.6 Å². The molecule has 0 bridgehead atoms. The standard InChI is InChI=1S/C19H19N3O4S/c1-12-16(4-3-5-17(12)22(25)26)20-19(24)13-10-18(23)21(11-13)14-6-8-15(27-2)9-7-14/h3-9,13H,10-11H2,1-2H3,(H,20,24). The van der Waals surface area contributed by atoms with Crippen LogP contribution in [-0.2, 0) is 9.59 Å². The van der Waals surface area contributed by atoms with Gasteiger partial charge in [-0.15, -0.1) is 11.8 Å². The van der Waals surface area contributed by atoms with Crippen LogP contribution >= 0.6 is 11.8 Å². The first-order chi connectivity index (χ1) is 12.9.